The summed E-state index contributed by atoms with van der Waals surface area (Å²) < 4.78 is 1.75. The highest BCUT2D eigenvalue weighted by Gasteiger charge is 2.17. The molecule has 0 aliphatic rings. The number of hydrogen-bond donors (Lipinski definition) is 1. The standard InChI is InChI=1S/C15H20N4O2/c1-3-8-16-15(21)19(9-4-2)14-11-13(20)17-12-7-5-6-10-18(12)14/h5-7,10-11H,3-4,8-9H2,1-2H3,(H,16,21). The second-order valence-electron chi connectivity index (χ2n) is 4.76. The first-order chi connectivity index (χ1) is 10.2. The summed E-state index contributed by atoms with van der Waals surface area (Å²) in [5.74, 6) is 0.543. The topological polar surface area (TPSA) is 66.7 Å². The van der Waals surface area contributed by atoms with E-state index in [1.54, 1.807) is 21.6 Å². The molecule has 0 saturated heterocycles. The predicted molar refractivity (Wildman–Crippen MR) is 82.8 cm³/mol. The molecule has 0 spiro atoms. The number of anilines is 1. The maximum atomic E-state index is 12.3. The van der Waals surface area contributed by atoms with E-state index < -0.39 is 0 Å². The Morgan fingerprint density at radius 1 is 1.33 bits per heavy atom. The van der Waals surface area contributed by atoms with Crippen LogP contribution in [0.4, 0.5) is 10.6 Å². The Balaban J connectivity index is 2.49. The third-order valence-electron chi connectivity index (χ3n) is 3.06. The van der Waals surface area contributed by atoms with Crippen LogP contribution >= 0.6 is 0 Å². The van der Waals surface area contributed by atoms with Crippen LogP contribution in [0, 0.1) is 0 Å². The first-order valence-electron chi connectivity index (χ1n) is 7.21. The summed E-state index contributed by atoms with van der Waals surface area (Å²) in [7, 11) is 0. The van der Waals surface area contributed by atoms with Crippen molar-refractivity contribution >= 4 is 17.5 Å². The van der Waals surface area contributed by atoms with Crippen molar-refractivity contribution in [1.29, 1.82) is 0 Å². The van der Waals surface area contributed by atoms with Crippen molar-refractivity contribution < 1.29 is 4.79 Å². The predicted octanol–water partition coefficient (Wildman–Crippen LogP) is 2.03. The smallest absolute Gasteiger partial charge is 0.323 e. The van der Waals surface area contributed by atoms with Crippen molar-refractivity contribution in [3.63, 3.8) is 0 Å². The third kappa shape index (κ3) is 3.39. The second-order valence-corrected chi connectivity index (χ2v) is 4.76. The number of amides is 2. The molecule has 1 N–H and O–H groups in total. The molecule has 2 heterocycles. The van der Waals surface area contributed by atoms with Gasteiger partial charge in [0.1, 0.15) is 11.5 Å². The largest absolute Gasteiger partial charge is 0.338 e. The van der Waals surface area contributed by atoms with Gasteiger partial charge in [-0.3, -0.25) is 14.1 Å². The summed E-state index contributed by atoms with van der Waals surface area (Å²) in [5.41, 5.74) is 0.185. The van der Waals surface area contributed by atoms with Gasteiger partial charge in [-0.15, -0.1) is 0 Å². The zero-order valence-electron chi connectivity index (χ0n) is 12.4. The average Bonchev–Trinajstić information content (AvgIpc) is 2.49. The number of fused-ring (bicyclic) bond motifs is 1. The Hall–Kier alpha value is -2.37. The average molecular weight is 288 g/mol. The van der Waals surface area contributed by atoms with Crippen LogP contribution in [0.15, 0.2) is 35.3 Å². The zero-order valence-corrected chi connectivity index (χ0v) is 12.4. The monoisotopic (exact) mass is 288 g/mol. The van der Waals surface area contributed by atoms with E-state index in [0.29, 0.717) is 24.6 Å². The lowest BCUT2D eigenvalue weighted by atomic mass is 10.3. The number of carbonyl (C=O) groups excluding carboxylic acids is 1. The molecule has 2 aromatic heterocycles. The van der Waals surface area contributed by atoms with Crippen molar-refractivity contribution in [3.05, 3.63) is 40.8 Å². The number of aromatic nitrogens is 2. The quantitative estimate of drug-likeness (QED) is 0.915. The molecular formula is C15H20N4O2. The van der Waals surface area contributed by atoms with Crippen LogP contribution in [0.2, 0.25) is 0 Å². The van der Waals surface area contributed by atoms with Gasteiger partial charge in [0.15, 0.2) is 0 Å². The lowest BCUT2D eigenvalue weighted by molar-refractivity contribution is 0.246. The van der Waals surface area contributed by atoms with Crippen molar-refractivity contribution in [1.82, 2.24) is 14.7 Å². The molecular weight excluding hydrogens is 268 g/mol. The normalized spacial score (nSPS) is 10.6. The highest BCUT2D eigenvalue weighted by Crippen LogP contribution is 2.14. The van der Waals surface area contributed by atoms with E-state index in [-0.39, 0.29) is 11.6 Å². The van der Waals surface area contributed by atoms with Gasteiger partial charge >= 0.3 is 6.03 Å². The molecule has 21 heavy (non-hydrogen) atoms. The van der Waals surface area contributed by atoms with E-state index in [9.17, 15) is 9.59 Å². The highest BCUT2D eigenvalue weighted by molar-refractivity contribution is 5.91. The van der Waals surface area contributed by atoms with Crippen LogP contribution in [-0.2, 0) is 0 Å². The number of nitrogens with one attached hydrogen (secondary N) is 1. The third-order valence-corrected chi connectivity index (χ3v) is 3.06. The molecule has 0 aliphatic heterocycles. The van der Waals surface area contributed by atoms with Crippen LogP contribution < -0.4 is 15.8 Å². The number of hydrogen-bond acceptors (Lipinski definition) is 3. The fourth-order valence-corrected chi connectivity index (χ4v) is 2.12. The van der Waals surface area contributed by atoms with Gasteiger partial charge in [0, 0.05) is 25.4 Å². The molecule has 2 amide bonds. The van der Waals surface area contributed by atoms with Gasteiger partial charge in [-0.05, 0) is 25.0 Å². The molecule has 2 aromatic rings. The number of pyridine rings is 1. The minimum atomic E-state index is -0.347. The van der Waals surface area contributed by atoms with Crippen LogP contribution in [0.5, 0.6) is 0 Å². The van der Waals surface area contributed by atoms with Crippen LogP contribution in [0.3, 0.4) is 0 Å². The van der Waals surface area contributed by atoms with Crippen LogP contribution in [0.1, 0.15) is 26.7 Å². The van der Waals surface area contributed by atoms with Crippen molar-refractivity contribution in [3.8, 4) is 0 Å². The Kier molecular flexibility index (Phi) is 4.92. The first kappa shape index (κ1) is 15.0. The molecule has 0 saturated carbocycles. The summed E-state index contributed by atoms with van der Waals surface area (Å²) >= 11 is 0. The number of urea groups is 1. The summed E-state index contributed by atoms with van der Waals surface area (Å²) in [5, 5.41) is 2.85. The van der Waals surface area contributed by atoms with Gasteiger partial charge in [0.2, 0.25) is 0 Å². The minimum absolute atomic E-state index is 0.193. The summed E-state index contributed by atoms with van der Waals surface area (Å²) in [4.78, 5) is 29.6. The van der Waals surface area contributed by atoms with Gasteiger partial charge in [-0.2, -0.15) is 4.98 Å². The molecule has 6 nitrogen and oxygen atoms in total. The maximum Gasteiger partial charge on any atom is 0.323 e. The number of rotatable bonds is 5. The highest BCUT2D eigenvalue weighted by atomic mass is 16.2. The molecule has 0 bridgehead atoms. The number of carbonyl (C=O) groups is 1. The zero-order chi connectivity index (χ0) is 15.2. The minimum Gasteiger partial charge on any atom is -0.338 e. The van der Waals surface area contributed by atoms with Crippen LogP contribution in [-0.4, -0.2) is 28.5 Å². The van der Waals surface area contributed by atoms with E-state index in [1.807, 2.05) is 26.0 Å². The van der Waals surface area contributed by atoms with Gasteiger partial charge in [0.25, 0.3) is 5.56 Å². The summed E-state index contributed by atoms with van der Waals surface area (Å²) in [6.07, 6.45) is 3.46. The lowest BCUT2D eigenvalue weighted by Crippen LogP contribution is -2.42. The van der Waals surface area contributed by atoms with Gasteiger partial charge < -0.3 is 5.32 Å². The van der Waals surface area contributed by atoms with E-state index in [4.69, 9.17) is 0 Å². The first-order valence-corrected chi connectivity index (χ1v) is 7.21. The van der Waals surface area contributed by atoms with Crippen molar-refractivity contribution in [2.24, 2.45) is 0 Å². The molecule has 0 aliphatic carbocycles. The fraction of sp³-hybridized carbons (Fsp3) is 0.400. The summed E-state index contributed by atoms with van der Waals surface area (Å²) in [6, 6.07) is 6.61. The van der Waals surface area contributed by atoms with E-state index in [0.717, 1.165) is 12.8 Å². The van der Waals surface area contributed by atoms with Gasteiger partial charge in [-0.1, -0.05) is 19.9 Å². The molecule has 6 heteroatoms. The molecule has 0 radical (unpaired) electrons. The van der Waals surface area contributed by atoms with Crippen molar-refractivity contribution in [2.75, 3.05) is 18.0 Å². The van der Waals surface area contributed by atoms with Crippen LogP contribution in [0.25, 0.3) is 5.65 Å². The molecule has 0 unspecified atom stereocenters. The Morgan fingerprint density at radius 2 is 2.14 bits per heavy atom. The molecule has 0 atom stereocenters. The van der Waals surface area contributed by atoms with E-state index >= 15 is 0 Å². The Bertz CT molecular complexity index is 681. The van der Waals surface area contributed by atoms with E-state index in [1.165, 1.54) is 6.07 Å². The Labute approximate surface area is 123 Å². The number of nitrogens with zero attached hydrogens (tertiary/aromatic N) is 3. The Morgan fingerprint density at radius 3 is 2.86 bits per heavy atom. The fourth-order valence-electron chi connectivity index (χ4n) is 2.12. The molecule has 0 aromatic carbocycles. The maximum absolute atomic E-state index is 12.3. The molecule has 2 rings (SSSR count). The van der Waals surface area contributed by atoms with Crippen molar-refractivity contribution in [2.45, 2.75) is 26.7 Å². The van der Waals surface area contributed by atoms with E-state index in [2.05, 4.69) is 10.3 Å². The SMILES string of the molecule is CCCNC(=O)N(CCC)c1cc(=O)nc2ccccn12. The molecule has 0 fully saturated rings. The summed E-state index contributed by atoms with van der Waals surface area (Å²) in [6.45, 7) is 5.13. The van der Waals surface area contributed by atoms with Gasteiger partial charge in [-0.25, -0.2) is 4.79 Å². The second kappa shape index (κ2) is 6.88. The molecule has 112 valence electrons. The lowest BCUT2D eigenvalue weighted by Gasteiger charge is -2.23. The van der Waals surface area contributed by atoms with Gasteiger partial charge in [0.05, 0.1) is 0 Å².